The summed E-state index contributed by atoms with van der Waals surface area (Å²) in [4.78, 5) is 18.5. The number of carboxylic acid groups (broad SMARTS) is 1. The second kappa shape index (κ2) is 8.05. The Morgan fingerprint density at radius 3 is 2.93 bits per heavy atom. The summed E-state index contributed by atoms with van der Waals surface area (Å²) in [5, 5.41) is 12.8. The van der Waals surface area contributed by atoms with E-state index in [1.807, 2.05) is 12.1 Å². The van der Waals surface area contributed by atoms with Crippen LogP contribution >= 0.6 is 0 Å². The first-order valence-electron chi connectivity index (χ1n) is 9.51. The Kier molecular flexibility index (Phi) is 5.31. The normalized spacial score (nSPS) is 16.6. The van der Waals surface area contributed by atoms with Crippen LogP contribution in [0.25, 0.3) is 27.7 Å². The molecule has 0 aliphatic heterocycles. The molecule has 2 aromatic heterocycles. The fourth-order valence-electron chi connectivity index (χ4n) is 3.82. The van der Waals surface area contributed by atoms with Crippen LogP contribution in [0.5, 0.6) is 5.75 Å². The number of halogens is 1. The zero-order valence-electron chi connectivity index (χ0n) is 16.0. The number of hydrogen-bond acceptors (Lipinski definition) is 4. The number of nitrogens with zero attached hydrogens (tertiary/aromatic N) is 1. The van der Waals surface area contributed by atoms with Crippen LogP contribution in [-0.4, -0.2) is 40.7 Å². The van der Waals surface area contributed by atoms with Crippen LogP contribution in [0, 0.1) is 5.82 Å². The van der Waals surface area contributed by atoms with E-state index in [-0.39, 0.29) is 18.4 Å². The topological polar surface area (TPSA) is 87.2 Å². The number of rotatable bonds is 6. The zero-order valence-corrected chi connectivity index (χ0v) is 16.0. The number of aromatic nitrogens is 2. The molecule has 4 rings (SSSR count). The second-order valence-electron chi connectivity index (χ2n) is 7.12. The Balaban J connectivity index is 1.66. The number of carbonyl (C=O) groups is 1. The number of H-pyrrole nitrogens is 1. The van der Waals surface area contributed by atoms with Gasteiger partial charge in [0.15, 0.2) is 0 Å². The predicted molar refractivity (Wildman–Crippen MR) is 109 cm³/mol. The molecule has 3 aromatic rings. The third-order valence-electron chi connectivity index (χ3n) is 5.28. The number of aromatic amines is 1. The van der Waals surface area contributed by atoms with Gasteiger partial charge in [0, 0.05) is 28.9 Å². The SMILES string of the molecule is COc1ccc(F)cc1-c1ccnc2[nH]c(C3=CCC(NCC(=O)O)CC3)cc12. The molecule has 1 aromatic carbocycles. The summed E-state index contributed by atoms with van der Waals surface area (Å²) in [5.41, 5.74) is 4.42. The molecule has 29 heavy (non-hydrogen) atoms. The van der Waals surface area contributed by atoms with Gasteiger partial charge in [0.2, 0.25) is 0 Å². The minimum absolute atomic E-state index is 0.0248. The number of methoxy groups -OCH3 is 1. The van der Waals surface area contributed by atoms with Gasteiger partial charge in [0.05, 0.1) is 13.7 Å². The van der Waals surface area contributed by atoms with Crippen molar-refractivity contribution in [3.63, 3.8) is 0 Å². The highest BCUT2D eigenvalue weighted by molar-refractivity contribution is 5.96. The average Bonchev–Trinajstić information content (AvgIpc) is 3.17. The monoisotopic (exact) mass is 395 g/mol. The van der Waals surface area contributed by atoms with Crippen molar-refractivity contribution in [3.8, 4) is 16.9 Å². The van der Waals surface area contributed by atoms with Crippen molar-refractivity contribution in [1.29, 1.82) is 0 Å². The van der Waals surface area contributed by atoms with E-state index in [2.05, 4.69) is 21.4 Å². The van der Waals surface area contributed by atoms with Gasteiger partial charge < -0.3 is 20.1 Å². The lowest BCUT2D eigenvalue weighted by Crippen LogP contribution is -2.34. The van der Waals surface area contributed by atoms with E-state index in [9.17, 15) is 9.18 Å². The van der Waals surface area contributed by atoms with Crippen LogP contribution in [0.15, 0.2) is 42.6 Å². The summed E-state index contributed by atoms with van der Waals surface area (Å²) >= 11 is 0. The van der Waals surface area contributed by atoms with Crippen molar-refractivity contribution in [2.45, 2.75) is 25.3 Å². The molecule has 3 N–H and O–H groups in total. The fourth-order valence-corrected chi connectivity index (χ4v) is 3.82. The molecular weight excluding hydrogens is 373 g/mol. The highest BCUT2D eigenvalue weighted by atomic mass is 19.1. The number of hydrogen-bond donors (Lipinski definition) is 3. The number of carboxylic acids is 1. The van der Waals surface area contributed by atoms with E-state index < -0.39 is 5.97 Å². The van der Waals surface area contributed by atoms with Gasteiger partial charge >= 0.3 is 5.97 Å². The summed E-state index contributed by atoms with van der Waals surface area (Å²) in [5.74, 6) is -0.566. The molecule has 1 atom stereocenters. The van der Waals surface area contributed by atoms with Gasteiger partial charge in [-0.15, -0.1) is 0 Å². The third kappa shape index (κ3) is 4.00. The predicted octanol–water partition coefficient (Wildman–Crippen LogP) is 3.99. The van der Waals surface area contributed by atoms with Crippen LogP contribution in [0.1, 0.15) is 25.0 Å². The van der Waals surface area contributed by atoms with Gasteiger partial charge in [-0.05, 0) is 60.7 Å². The molecule has 1 aliphatic rings. The number of ether oxygens (including phenoxy) is 1. The van der Waals surface area contributed by atoms with Crippen molar-refractivity contribution in [2.75, 3.05) is 13.7 Å². The molecule has 1 aliphatic carbocycles. The lowest BCUT2D eigenvalue weighted by Gasteiger charge is -2.21. The minimum Gasteiger partial charge on any atom is -0.496 e. The number of pyridine rings is 1. The number of aliphatic carboxylic acids is 1. The standard InChI is InChI=1S/C22H22FN3O3/c1-29-20-7-4-14(23)10-17(20)16-8-9-24-22-18(16)11-19(26-22)13-2-5-15(6-3-13)25-12-21(27)28/h2,4,7-11,15,25H,3,5-6,12H2,1H3,(H,24,26)(H,27,28). The second-order valence-corrected chi connectivity index (χ2v) is 7.12. The van der Waals surface area contributed by atoms with Crippen molar-refractivity contribution >= 4 is 22.6 Å². The maximum atomic E-state index is 13.9. The van der Waals surface area contributed by atoms with Crippen LogP contribution in [0.4, 0.5) is 4.39 Å². The van der Waals surface area contributed by atoms with E-state index in [0.717, 1.165) is 41.6 Å². The summed E-state index contributed by atoms with van der Waals surface area (Å²) in [6.45, 7) is -0.0248. The molecule has 0 radical (unpaired) electrons. The van der Waals surface area contributed by atoms with E-state index >= 15 is 0 Å². The molecule has 7 heteroatoms. The zero-order chi connectivity index (χ0) is 20.4. The van der Waals surface area contributed by atoms with Crippen LogP contribution < -0.4 is 10.1 Å². The first kappa shape index (κ1) is 19.1. The van der Waals surface area contributed by atoms with Gasteiger partial charge in [-0.1, -0.05) is 6.08 Å². The molecular formula is C22H22FN3O3. The molecule has 150 valence electrons. The number of fused-ring (bicyclic) bond motifs is 1. The van der Waals surface area contributed by atoms with Crippen molar-refractivity contribution in [2.24, 2.45) is 0 Å². The van der Waals surface area contributed by atoms with Crippen LogP contribution in [0.2, 0.25) is 0 Å². The van der Waals surface area contributed by atoms with Gasteiger partial charge in [0.25, 0.3) is 0 Å². The van der Waals surface area contributed by atoms with E-state index in [0.29, 0.717) is 11.3 Å². The fraction of sp³-hybridized carbons (Fsp3) is 0.273. The number of nitrogens with one attached hydrogen (secondary N) is 2. The van der Waals surface area contributed by atoms with Crippen LogP contribution in [-0.2, 0) is 4.79 Å². The molecule has 2 heterocycles. The minimum atomic E-state index is -0.846. The molecule has 0 amide bonds. The lowest BCUT2D eigenvalue weighted by molar-refractivity contribution is -0.136. The maximum absolute atomic E-state index is 13.9. The smallest absolute Gasteiger partial charge is 0.317 e. The molecule has 0 fully saturated rings. The Morgan fingerprint density at radius 2 is 2.21 bits per heavy atom. The first-order chi connectivity index (χ1) is 14.0. The Hall–Kier alpha value is -3.19. The number of allylic oxidation sites excluding steroid dienone is 1. The molecule has 0 saturated carbocycles. The largest absolute Gasteiger partial charge is 0.496 e. The third-order valence-corrected chi connectivity index (χ3v) is 5.28. The maximum Gasteiger partial charge on any atom is 0.317 e. The summed E-state index contributed by atoms with van der Waals surface area (Å²) < 4.78 is 19.3. The van der Waals surface area contributed by atoms with E-state index in [4.69, 9.17) is 9.84 Å². The van der Waals surface area contributed by atoms with Crippen molar-refractivity contribution < 1.29 is 19.0 Å². The number of benzene rings is 1. The molecule has 6 nitrogen and oxygen atoms in total. The molecule has 1 unspecified atom stereocenters. The quantitative estimate of drug-likeness (QED) is 0.588. The molecule has 0 saturated heterocycles. The Morgan fingerprint density at radius 1 is 1.34 bits per heavy atom. The molecule has 0 bridgehead atoms. The van der Waals surface area contributed by atoms with E-state index in [1.165, 1.54) is 17.7 Å². The van der Waals surface area contributed by atoms with Gasteiger partial charge in [-0.3, -0.25) is 4.79 Å². The highest BCUT2D eigenvalue weighted by Crippen LogP contribution is 2.37. The lowest BCUT2D eigenvalue weighted by atomic mass is 9.93. The van der Waals surface area contributed by atoms with Gasteiger partial charge in [-0.25, -0.2) is 9.37 Å². The van der Waals surface area contributed by atoms with Crippen LogP contribution in [0.3, 0.4) is 0 Å². The first-order valence-corrected chi connectivity index (χ1v) is 9.51. The Bertz CT molecular complexity index is 1090. The average molecular weight is 395 g/mol. The summed E-state index contributed by atoms with van der Waals surface area (Å²) in [7, 11) is 1.57. The highest BCUT2D eigenvalue weighted by Gasteiger charge is 2.19. The van der Waals surface area contributed by atoms with Gasteiger partial charge in [0.1, 0.15) is 17.2 Å². The summed E-state index contributed by atoms with van der Waals surface area (Å²) in [6.07, 6.45) is 6.31. The molecule has 0 spiro atoms. The van der Waals surface area contributed by atoms with Crippen molar-refractivity contribution in [1.82, 2.24) is 15.3 Å². The summed E-state index contributed by atoms with van der Waals surface area (Å²) in [6, 6.07) is 8.55. The van der Waals surface area contributed by atoms with E-state index in [1.54, 1.807) is 19.4 Å². The van der Waals surface area contributed by atoms with Gasteiger partial charge in [-0.2, -0.15) is 0 Å². The Labute approximate surface area is 167 Å². The van der Waals surface area contributed by atoms with Crippen molar-refractivity contribution in [3.05, 3.63) is 54.1 Å².